The van der Waals surface area contributed by atoms with Gasteiger partial charge in [-0.25, -0.2) is 0 Å². The van der Waals surface area contributed by atoms with Crippen LogP contribution < -0.4 is 10.6 Å². The molecule has 2 unspecified atom stereocenters. The molecular weight excluding hydrogens is 387 g/mol. The second-order valence-electron chi connectivity index (χ2n) is 7.34. The van der Waals surface area contributed by atoms with E-state index >= 15 is 0 Å². The van der Waals surface area contributed by atoms with E-state index in [4.69, 9.17) is 0 Å². The van der Waals surface area contributed by atoms with Crippen LogP contribution in [-0.4, -0.2) is 53.9 Å². The topological polar surface area (TPSA) is 74.3 Å². The summed E-state index contributed by atoms with van der Waals surface area (Å²) in [6.07, 6.45) is 7.66. The first-order valence-corrected chi connectivity index (χ1v) is 9.27. The van der Waals surface area contributed by atoms with Crippen LogP contribution in [0.3, 0.4) is 0 Å². The summed E-state index contributed by atoms with van der Waals surface area (Å²) in [5, 5.41) is 6.38. The van der Waals surface area contributed by atoms with Gasteiger partial charge in [0.2, 0.25) is 11.8 Å². The first kappa shape index (κ1) is 23.7. The zero-order chi connectivity index (χ0) is 17.6. The lowest BCUT2D eigenvalue weighted by Gasteiger charge is -2.28. The number of nitrogens with one attached hydrogen (secondary N) is 2. The Morgan fingerprint density at radius 2 is 1.93 bits per heavy atom. The lowest BCUT2D eigenvalue weighted by Crippen LogP contribution is -2.42. The molecule has 0 aliphatic carbocycles. The van der Waals surface area contributed by atoms with Crippen molar-refractivity contribution in [2.45, 2.75) is 50.6 Å². The Bertz CT molecular complexity index is 591. The molecular formula is C19H30Cl2N4O2. The second kappa shape index (κ2) is 11.5. The van der Waals surface area contributed by atoms with Crippen molar-refractivity contribution >= 4 is 36.6 Å². The largest absolute Gasteiger partial charge is 0.347 e. The van der Waals surface area contributed by atoms with E-state index in [0.29, 0.717) is 31.0 Å². The van der Waals surface area contributed by atoms with Gasteiger partial charge >= 0.3 is 0 Å². The third-order valence-corrected chi connectivity index (χ3v) is 5.34. The molecule has 6 nitrogen and oxygen atoms in total. The van der Waals surface area contributed by atoms with Gasteiger partial charge in [-0.3, -0.25) is 14.6 Å². The number of fused-ring (bicyclic) bond motifs is 2. The molecule has 2 amide bonds. The van der Waals surface area contributed by atoms with Crippen LogP contribution >= 0.6 is 24.8 Å². The van der Waals surface area contributed by atoms with E-state index in [-0.39, 0.29) is 43.2 Å². The molecule has 2 aliphatic rings. The number of amides is 2. The van der Waals surface area contributed by atoms with Crippen LogP contribution in [0.25, 0.3) is 0 Å². The predicted octanol–water partition coefficient (Wildman–Crippen LogP) is 1.96. The Morgan fingerprint density at radius 1 is 1.22 bits per heavy atom. The van der Waals surface area contributed by atoms with Crippen molar-refractivity contribution in [1.82, 2.24) is 20.5 Å². The Kier molecular flexibility index (Phi) is 10.1. The minimum absolute atomic E-state index is 0. The zero-order valence-electron chi connectivity index (χ0n) is 15.7. The second-order valence-corrected chi connectivity index (χ2v) is 7.34. The first-order valence-electron chi connectivity index (χ1n) is 9.27. The Balaban J connectivity index is 0.00000182. The molecule has 2 atom stereocenters. The fourth-order valence-electron chi connectivity index (χ4n) is 3.94. The van der Waals surface area contributed by atoms with Crippen molar-refractivity contribution in [1.29, 1.82) is 0 Å². The third-order valence-electron chi connectivity index (χ3n) is 5.34. The monoisotopic (exact) mass is 416 g/mol. The molecule has 3 heterocycles. The summed E-state index contributed by atoms with van der Waals surface area (Å²) in [6.45, 7) is 0.679. The highest BCUT2D eigenvalue weighted by atomic mass is 35.5. The highest BCUT2D eigenvalue weighted by molar-refractivity contribution is 5.86. The summed E-state index contributed by atoms with van der Waals surface area (Å²) in [7, 11) is 1.77. The van der Waals surface area contributed by atoms with Gasteiger partial charge in [-0.15, -0.1) is 24.8 Å². The van der Waals surface area contributed by atoms with Gasteiger partial charge in [0.15, 0.2) is 0 Å². The first-order chi connectivity index (χ1) is 12.1. The molecule has 2 N–H and O–H groups in total. The van der Waals surface area contributed by atoms with Crippen LogP contribution in [0.1, 0.15) is 37.8 Å². The molecule has 1 aromatic heterocycles. The summed E-state index contributed by atoms with van der Waals surface area (Å²) >= 11 is 0. The average Bonchev–Trinajstić information content (AvgIpc) is 2.96. The van der Waals surface area contributed by atoms with Crippen molar-refractivity contribution in [2.24, 2.45) is 5.92 Å². The minimum atomic E-state index is -0.0605. The summed E-state index contributed by atoms with van der Waals surface area (Å²) in [6, 6.07) is 6.96. The molecule has 152 valence electrons. The molecule has 2 fully saturated rings. The summed E-state index contributed by atoms with van der Waals surface area (Å²) in [5.74, 6) is 0.392. The van der Waals surface area contributed by atoms with Gasteiger partial charge < -0.3 is 15.5 Å². The maximum Gasteiger partial charge on any atom is 0.241 e. The lowest BCUT2D eigenvalue weighted by atomic mass is 9.89. The number of aromatic nitrogens is 1. The number of carbonyl (C=O) groups excluding carboxylic acids is 2. The van der Waals surface area contributed by atoms with Crippen LogP contribution in [0.5, 0.6) is 0 Å². The van der Waals surface area contributed by atoms with Gasteiger partial charge in [0.1, 0.15) is 0 Å². The summed E-state index contributed by atoms with van der Waals surface area (Å²) in [4.78, 5) is 30.2. The smallest absolute Gasteiger partial charge is 0.241 e. The van der Waals surface area contributed by atoms with Crippen molar-refractivity contribution in [3.05, 3.63) is 30.1 Å². The fraction of sp³-hybridized carbons (Fsp3) is 0.632. The minimum Gasteiger partial charge on any atom is -0.347 e. The van der Waals surface area contributed by atoms with Crippen molar-refractivity contribution in [3.8, 4) is 0 Å². The SMILES string of the molecule is CN(CCc1ccccn1)C(=O)CNC(=O)CC1CC2CCC(C1)N2.Cl.Cl. The molecule has 0 radical (unpaired) electrons. The van der Waals surface area contributed by atoms with Crippen molar-refractivity contribution in [2.75, 3.05) is 20.1 Å². The van der Waals surface area contributed by atoms with Crippen molar-refractivity contribution in [3.63, 3.8) is 0 Å². The predicted molar refractivity (Wildman–Crippen MR) is 110 cm³/mol. The Hall–Kier alpha value is -1.37. The number of carbonyl (C=O) groups is 2. The average molecular weight is 417 g/mol. The number of nitrogens with zero attached hydrogens (tertiary/aromatic N) is 2. The van der Waals surface area contributed by atoms with Crippen molar-refractivity contribution < 1.29 is 9.59 Å². The van der Waals surface area contributed by atoms with Crippen LogP contribution in [0.4, 0.5) is 0 Å². The van der Waals surface area contributed by atoms with E-state index in [2.05, 4.69) is 15.6 Å². The number of rotatable bonds is 7. The molecule has 8 heteroatoms. The third kappa shape index (κ3) is 7.28. The van der Waals surface area contributed by atoms with Crippen LogP contribution in [0, 0.1) is 5.92 Å². The van der Waals surface area contributed by atoms with Crippen LogP contribution in [0.2, 0.25) is 0 Å². The number of pyridine rings is 1. The van der Waals surface area contributed by atoms with Gasteiger partial charge in [-0.2, -0.15) is 0 Å². The van der Waals surface area contributed by atoms with E-state index < -0.39 is 0 Å². The van der Waals surface area contributed by atoms with Gasteiger partial charge in [0, 0.05) is 50.4 Å². The normalized spacial score (nSPS) is 22.9. The number of piperidine rings is 1. The molecule has 2 saturated heterocycles. The van der Waals surface area contributed by atoms with Gasteiger partial charge in [-0.05, 0) is 43.7 Å². The lowest BCUT2D eigenvalue weighted by molar-refractivity contribution is -0.132. The number of halogens is 2. The van der Waals surface area contributed by atoms with E-state index in [1.165, 1.54) is 12.8 Å². The fourth-order valence-corrected chi connectivity index (χ4v) is 3.94. The molecule has 2 bridgehead atoms. The molecule has 1 aromatic rings. The van der Waals surface area contributed by atoms with E-state index in [0.717, 1.165) is 25.0 Å². The maximum absolute atomic E-state index is 12.2. The van der Waals surface area contributed by atoms with Crippen LogP contribution in [0.15, 0.2) is 24.4 Å². The van der Waals surface area contributed by atoms with E-state index in [1.54, 1.807) is 18.1 Å². The highest BCUT2D eigenvalue weighted by Gasteiger charge is 2.34. The molecule has 0 spiro atoms. The molecule has 3 rings (SSSR count). The Labute approximate surface area is 173 Å². The highest BCUT2D eigenvalue weighted by Crippen LogP contribution is 2.32. The standard InChI is InChI=1S/C19H28N4O2.2ClH/c1-23(9-7-15-4-2-3-8-20-15)19(25)13-21-18(24)12-14-10-16-5-6-17(11-14)22-16;;/h2-4,8,14,16-17,22H,5-7,9-13H2,1H3,(H,21,24);2*1H. The van der Waals surface area contributed by atoms with Gasteiger partial charge in [0.05, 0.1) is 6.54 Å². The number of likely N-dealkylation sites (N-methyl/N-ethyl adjacent to an activating group) is 1. The Morgan fingerprint density at radius 3 is 2.56 bits per heavy atom. The molecule has 0 saturated carbocycles. The van der Waals surface area contributed by atoms with E-state index in [1.807, 2.05) is 18.2 Å². The van der Waals surface area contributed by atoms with Gasteiger partial charge in [-0.1, -0.05) is 6.07 Å². The van der Waals surface area contributed by atoms with E-state index in [9.17, 15) is 9.59 Å². The molecule has 0 aromatic carbocycles. The number of hydrogen-bond donors (Lipinski definition) is 2. The zero-order valence-corrected chi connectivity index (χ0v) is 17.4. The molecule has 27 heavy (non-hydrogen) atoms. The maximum atomic E-state index is 12.2. The number of hydrogen-bond acceptors (Lipinski definition) is 4. The summed E-state index contributed by atoms with van der Waals surface area (Å²) in [5.41, 5.74) is 0.965. The quantitative estimate of drug-likeness (QED) is 0.712. The van der Waals surface area contributed by atoms with Gasteiger partial charge in [0.25, 0.3) is 0 Å². The molecule has 2 aliphatic heterocycles. The summed E-state index contributed by atoms with van der Waals surface area (Å²) < 4.78 is 0. The van der Waals surface area contributed by atoms with Crippen LogP contribution in [-0.2, 0) is 16.0 Å².